The second-order valence-electron chi connectivity index (χ2n) is 10.7. The summed E-state index contributed by atoms with van der Waals surface area (Å²) in [5.41, 5.74) is 4.08. The molecule has 3 aromatic rings. The predicted octanol–water partition coefficient (Wildman–Crippen LogP) is 5.30. The Kier molecular flexibility index (Phi) is 6.34. The van der Waals surface area contributed by atoms with E-state index in [1.165, 1.54) is 0 Å². The van der Waals surface area contributed by atoms with Gasteiger partial charge in [0, 0.05) is 41.1 Å². The van der Waals surface area contributed by atoms with E-state index in [2.05, 4.69) is 60.1 Å². The van der Waals surface area contributed by atoms with Crippen molar-refractivity contribution in [1.82, 2.24) is 20.5 Å². The molecule has 3 N–H and O–H groups in total. The SMILES string of the molecule is CCOc1cc(-c2ccc(C)[nH]2)cc(O)c1-c1ccc(N(C)C2CC(C)(C)NC(C)(C)C2)nn1. The van der Waals surface area contributed by atoms with E-state index in [0.29, 0.717) is 29.7 Å². The smallest absolute Gasteiger partial charge is 0.151 e. The molecule has 1 saturated heterocycles. The Balaban J connectivity index is 1.63. The second-order valence-corrected chi connectivity index (χ2v) is 10.7. The van der Waals surface area contributed by atoms with Crippen LogP contribution in [0.15, 0.2) is 36.4 Å². The van der Waals surface area contributed by atoms with Gasteiger partial charge in [-0.25, -0.2) is 0 Å². The summed E-state index contributed by atoms with van der Waals surface area (Å²) in [5.74, 6) is 1.52. The number of aromatic amines is 1. The topological polar surface area (TPSA) is 86.3 Å². The van der Waals surface area contributed by atoms with Gasteiger partial charge >= 0.3 is 0 Å². The van der Waals surface area contributed by atoms with Crippen molar-refractivity contribution in [1.29, 1.82) is 0 Å². The molecule has 4 rings (SSSR count). The van der Waals surface area contributed by atoms with Crippen molar-refractivity contribution in [3.63, 3.8) is 0 Å². The molecule has 0 aliphatic carbocycles. The number of phenolic OH excluding ortho intramolecular Hbond substituents is 1. The van der Waals surface area contributed by atoms with E-state index < -0.39 is 0 Å². The molecular formula is C27H37N5O2. The highest BCUT2D eigenvalue weighted by Gasteiger charge is 2.39. The lowest BCUT2D eigenvalue weighted by molar-refractivity contribution is 0.160. The standard InChI is InChI=1S/C27H37N5O2/c1-8-34-23-14-18(20-10-9-17(2)28-20)13-22(33)25(23)21-11-12-24(30-29-21)32(7)19-15-26(3,4)31-27(5,6)16-19/h9-14,19,28,31,33H,8,15-16H2,1-7H3. The van der Waals surface area contributed by atoms with Crippen LogP contribution in [-0.4, -0.2) is 51.1 Å². The van der Waals surface area contributed by atoms with Crippen molar-refractivity contribution in [2.24, 2.45) is 0 Å². The number of aromatic nitrogens is 3. The number of benzene rings is 1. The summed E-state index contributed by atoms with van der Waals surface area (Å²) >= 11 is 0. The first-order valence-corrected chi connectivity index (χ1v) is 12.0. The zero-order valence-electron chi connectivity index (χ0n) is 21.4. The monoisotopic (exact) mass is 463 g/mol. The van der Waals surface area contributed by atoms with Gasteiger partial charge in [-0.05, 0) is 90.8 Å². The number of piperidine rings is 1. The van der Waals surface area contributed by atoms with Gasteiger partial charge in [0.05, 0.1) is 12.2 Å². The predicted molar refractivity (Wildman–Crippen MR) is 138 cm³/mol. The van der Waals surface area contributed by atoms with E-state index in [0.717, 1.165) is 35.6 Å². The summed E-state index contributed by atoms with van der Waals surface area (Å²) in [6.07, 6.45) is 2.04. The van der Waals surface area contributed by atoms with Crippen LogP contribution >= 0.6 is 0 Å². The number of aromatic hydroxyl groups is 1. The number of nitrogens with one attached hydrogen (secondary N) is 2. The second kappa shape index (κ2) is 8.95. The van der Waals surface area contributed by atoms with Gasteiger partial charge in [-0.2, -0.15) is 0 Å². The number of hydrogen-bond donors (Lipinski definition) is 3. The molecule has 0 atom stereocenters. The third-order valence-corrected chi connectivity index (χ3v) is 6.51. The zero-order chi connectivity index (χ0) is 24.7. The lowest BCUT2D eigenvalue weighted by atomic mass is 9.79. The van der Waals surface area contributed by atoms with Crippen molar-refractivity contribution < 1.29 is 9.84 Å². The average Bonchev–Trinajstić information content (AvgIpc) is 3.18. The molecule has 0 bridgehead atoms. The number of nitrogens with zero attached hydrogens (tertiary/aromatic N) is 3. The molecule has 1 fully saturated rings. The van der Waals surface area contributed by atoms with Crippen molar-refractivity contribution in [3.05, 3.63) is 42.1 Å². The minimum absolute atomic E-state index is 0.0473. The van der Waals surface area contributed by atoms with Gasteiger partial charge in [0.1, 0.15) is 17.2 Å². The first kappa shape index (κ1) is 24.1. The molecule has 7 nitrogen and oxygen atoms in total. The van der Waals surface area contributed by atoms with Crippen LogP contribution in [0.5, 0.6) is 11.5 Å². The first-order chi connectivity index (χ1) is 16.0. The highest BCUT2D eigenvalue weighted by atomic mass is 16.5. The van der Waals surface area contributed by atoms with Crippen LogP contribution in [0.2, 0.25) is 0 Å². The minimum Gasteiger partial charge on any atom is -0.507 e. The van der Waals surface area contributed by atoms with Gasteiger partial charge in [0.15, 0.2) is 5.82 Å². The van der Waals surface area contributed by atoms with E-state index >= 15 is 0 Å². The van der Waals surface area contributed by atoms with Crippen LogP contribution in [0.3, 0.4) is 0 Å². The maximum Gasteiger partial charge on any atom is 0.151 e. The van der Waals surface area contributed by atoms with Gasteiger partial charge in [0.2, 0.25) is 0 Å². The molecule has 3 heterocycles. The molecule has 0 saturated carbocycles. The highest BCUT2D eigenvalue weighted by molar-refractivity contribution is 5.79. The molecule has 2 aromatic heterocycles. The molecule has 0 amide bonds. The number of ether oxygens (including phenoxy) is 1. The van der Waals surface area contributed by atoms with Crippen LogP contribution in [0.4, 0.5) is 5.82 Å². The van der Waals surface area contributed by atoms with Crippen LogP contribution in [-0.2, 0) is 0 Å². The Labute approximate surface area is 202 Å². The van der Waals surface area contributed by atoms with Crippen molar-refractivity contribution in [3.8, 4) is 34.0 Å². The summed E-state index contributed by atoms with van der Waals surface area (Å²) < 4.78 is 5.90. The average molecular weight is 464 g/mol. The number of aryl methyl sites for hydroxylation is 1. The molecule has 0 radical (unpaired) electrons. The molecule has 34 heavy (non-hydrogen) atoms. The Bertz CT molecular complexity index is 1130. The van der Waals surface area contributed by atoms with Gasteiger partial charge < -0.3 is 25.0 Å². The third-order valence-electron chi connectivity index (χ3n) is 6.51. The number of hydrogen-bond acceptors (Lipinski definition) is 6. The fraction of sp³-hybridized carbons (Fsp3) is 0.481. The fourth-order valence-corrected chi connectivity index (χ4v) is 5.33. The summed E-state index contributed by atoms with van der Waals surface area (Å²) in [6.45, 7) is 13.4. The minimum atomic E-state index is 0.0473. The van der Waals surface area contributed by atoms with E-state index in [1.807, 2.05) is 44.2 Å². The molecule has 0 spiro atoms. The zero-order valence-corrected chi connectivity index (χ0v) is 21.4. The van der Waals surface area contributed by atoms with Crippen LogP contribution < -0.4 is 15.0 Å². The first-order valence-electron chi connectivity index (χ1n) is 12.0. The van der Waals surface area contributed by atoms with Gasteiger partial charge in [0.25, 0.3) is 0 Å². The highest BCUT2D eigenvalue weighted by Crippen LogP contribution is 2.41. The molecule has 0 unspecified atom stereocenters. The molecule has 1 aliphatic heterocycles. The molecule has 1 aliphatic rings. The van der Waals surface area contributed by atoms with E-state index in [4.69, 9.17) is 4.74 Å². The largest absolute Gasteiger partial charge is 0.507 e. The van der Waals surface area contributed by atoms with E-state index in [1.54, 1.807) is 6.07 Å². The van der Waals surface area contributed by atoms with E-state index in [9.17, 15) is 5.11 Å². The quantitative estimate of drug-likeness (QED) is 0.460. The summed E-state index contributed by atoms with van der Waals surface area (Å²) in [6, 6.07) is 11.9. The molecule has 182 valence electrons. The maximum absolute atomic E-state index is 10.9. The normalized spacial score (nSPS) is 17.5. The van der Waals surface area contributed by atoms with Crippen molar-refractivity contribution >= 4 is 5.82 Å². The Hall–Kier alpha value is -3.06. The third kappa shape index (κ3) is 5.04. The Morgan fingerprint density at radius 2 is 1.76 bits per heavy atom. The van der Waals surface area contributed by atoms with E-state index in [-0.39, 0.29) is 16.8 Å². The van der Waals surface area contributed by atoms with Crippen LogP contribution in [0, 0.1) is 6.92 Å². The summed E-state index contributed by atoms with van der Waals surface area (Å²) in [4.78, 5) is 5.53. The fourth-order valence-electron chi connectivity index (χ4n) is 5.33. The number of phenols is 1. The van der Waals surface area contributed by atoms with Gasteiger partial charge in [-0.3, -0.25) is 0 Å². The molecule has 1 aromatic carbocycles. The van der Waals surface area contributed by atoms with Gasteiger partial charge in [-0.1, -0.05) is 0 Å². The lowest BCUT2D eigenvalue weighted by Gasteiger charge is -2.49. The Morgan fingerprint density at radius 1 is 1.06 bits per heavy atom. The summed E-state index contributed by atoms with van der Waals surface area (Å²) in [5, 5.41) is 23.7. The van der Waals surface area contributed by atoms with Gasteiger partial charge in [-0.15, -0.1) is 10.2 Å². The van der Waals surface area contributed by atoms with Crippen LogP contribution in [0.1, 0.15) is 53.2 Å². The number of rotatable bonds is 6. The van der Waals surface area contributed by atoms with Crippen molar-refractivity contribution in [2.75, 3.05) is 18.6 Å². The lowest BCUT2D eigenvalue weighted by Crippen LogP contribution is -2.62. The number of H-pyrrole nitrogens is 1. The van der Waals surface area contributed by atoms with Crippen molar-refractivity contribution in [2.45, 2.75) is 71.5 Å². The molecule has 7 heteroatoms. The maximum atomic E-state index is 10.9. The Morgan fingerprint density at radius 3 is 2.32 bits per heavy atom. The molecular weight excluding hydrogens is 426 g/mol. The number of anilines is 1. The summed E-state index contributed by atoms with van der Waals surface area (Å²) in [7, 11) is 2.09. The van der Waals surface area contributed by atoms with Crippen LogP contribution in [0.25, 0.3) is 22.5 Å².